The van der Waals surface area contributed by atoms with Crippen LogP contribution in [0.3, 0.4) is 0 Å². The number of carbonyl (C=O) groups is 3. The fraction of sp³-hybridized carbons (Fsp3) is 0.471. The molecular formula is C17H21ClN2O3. The highest BCUT2D eigenvalue weighted by molar-refractivity contribution is 6.30. The van der Waals surface area contributed by atoms with Gasteiger partial charge in [0.1, 0.15) is 0 Å². The van der Waals surface area contributed by atoms with Gasteiger partial charge in [0.15, 0.2) is 0 Å². The minimum Gasteiger partial charge on any atom is -0.343 e. The van der Waals surface area contributed by atoms with Gasteiger partial charge in [-0.2, -0.15) is 0 Å². The molecule has 0 N–H and O–H groups in total. The van der Waals surface area contributed by atoms with Crippen molar-refractivity contribution in [2.45, 2.75) is 38.6 Å². The third-order valence-corrected chi connectivity index (χ3v) is 4.46. The number of halogens is 1. The summed E-state index contributed by atoms with van der Waals surface area (Å²) in [5.41, 5.74) is 1.10. The van der Waals surface area contributed by atoms with Gasteiger partial charge in [0.2, 0.25) is 17.7 Å². The van der Waals surface area contributed by atoms with E-state index in [0.29, 0.717) is 5.02 Å². The van der Waals surface area contributed by atoms with Gasteiger partial charge in [-0.3, -0.25) is 19.3 Å². The van der Waals surface area contributed by atoms with Gasteiger partial charge >= 0.3 is 0 Å². The third-order valence-electron chi connectivity index (χ3n) is 4.20. The third kappa shape index (κ3) is 4.55. The Morgan fingerprint density at radius 3 is 2.35 bits per heavy atom. The van der Waals surface area contributed by atoms with Crippen molar-refractivity contribution >= 4 is 29.3 Å². The van der Waals surface area contributed by atoms with Crippen LogP contribution >= 0.6 is 11.6 Å². The van der Waals surface area contributed by atoms with Gasteiger partial charge in [-0.15, -0.1) is 0 Å². The summed E-state index contributed by atoms with van der Waals surface area (Å²) in [5, 5.41) is 0.686. The van der Waals surface area contributed by atoms with Crippen LogP contribution in [0.5, 0.6) is 0 Å². The number of likely N-dealkylation sites (N-methyl/N-ethyl adjacent to an activating group) is 1. The second kappa shape index (κ2) is 7.59. The average molecular weight is 337 g/mol. The monoisotopic (exact) mass is 336 g/mol. The number of hydrogen-bond acceptors (Lipinski definition) is 3. The van der Waals surface area contributed by atoms with E-state index < -0.39 is 0 Å². The van der Waals surface area contributed by atoms with Gasteiger partial charge in [0.25, 0.3) is 0 Å². The van der Waals surface area contributed by atoms with Crippen LogP contribution in [0.1, 0.15) is 31.7 Å². The Kier molecular flexibility index (Phi) is 5.77. The summed E-state index contributed by atoms with van der Waals surface area (Å²) in [6.45, 7) is 2.15. The Balaban J connectivity index is 1.84. The van der Waals surface area contributed by atoms with E-state index in [1.165, 1.54) is 4.90 Å². The van der Waals surface area contributed by atoms with Crippen molar-refractivity contribution < 1.29 is 14.4 Å². The lowest BCUT2D eigenvalue weighted by molar-refractivity contribution is -0.139. The molecular weight excluding hydrogens is 316 g/mol. The molecule has 1 unspecified atom stereocenters. The Hall–Kier alpha value is -1.88. The summed E-state index contributed by atoms with van der Waals surface area (Å²) < 4.78 is 0. The lowest BCUT2D eigenvalue weighted by Crippen LogP contribution is -2.39. The molecule has 0 saturated carbocycles. The lowest BCUT2D eigenvalue weighted by atomic mass is 10.1. The van der Waals surface area contributed by atoms with Crippen LogP contribution in [0.2, 0.25) is 5.02 Å². The molecule has 3 amide bonds. The highest BCUT2D eigenvalue weighted by Gasteiger charge is 2.29. The van der Waals surface area contributed by atoms with Crippen LogP contribution in [-0.4, -0.2) is 47.2 Å². The molecule has 1 aliphatic rings. The predicted octanol–water partition coefficient (Wildman–Crippen LogP) is 2.27. The fourth-order valence-electron chi connectivity index (χ4n) is 2.60. The van der Waals surface area contributed by atoms with E-state index in [9.17, 15) is 14.4 Å². The first-order valence-corrected chi connectivity index (χ1v) is 8.09. The van der Waals surface area contributed by atoms with Gasteiger partial charge in [-0.05, 0) is 31.0 Å². The summed E-state index contributed by atoms with van der Waals surface area (Å²) in [5.74, 6) is -0.432. The molecule has 5 nitrogen and oxygen atoms in total. The SMILES string of the molecule is CC(Cc1ccc(Cl)cc1)N(C)C(=O)CCN1C(=O)CCC1=O. The molecule has 0 aliphatic carbocycles. The van der Waals surface area contributed by atoms with E-state index in [2.05, 4.69) is 0 Å². The first-order chi connectivity index (χ1) is 10.9. The molecule has 0 spiro atoms. The molecule has 2 rings (SSSR count). The minimum atomic E-state index is -0.181. The summed E-state index contributed by atoms with van der Waals surface area (Å²) in [4.78, 5) is 38.2. The first-order valence-electron chi connectivity index (χ1n) is 7.71. The van der Waals surface area contributed by atoms with Crippen molar-refractivity contribution in [1.29, 1.82) is 0 Å². The van der Waals surface area contributed by atoms with E-state index in [1.54, 1.807) is 11.9 Å². The highest BCUT2D eigenvalue weighted by atomic mass is 35.5. The molecule has 0 bridgehead atoms. The number of amides is 3. The predicted molar refractivity (Wildman–Crippen MR) is 88.0 cm³/mol. The molecule has 23 heavy (non-hydrogen) atoms. The topological polar surface area (TPSA) is 57.7 Å². The summed E-state index contributed by atoms with van der Waals surface area (Å²) in [6, 6.07) is 7.57. The molecule has 1 heterocycles. The van der Waals surface area contributed by atoms with Crippen LogP contribution in [-0.2, 0) is 20.8 Å². The largest absolute Gasteiger partial charge is 0.343 e. The van der Waals surface area contributed by atoms with Crippen LogP contribution < -0.4 is 0 Å². The number of rotatable bonds is 6. The molecule has 1 atom stereocenters. The number of nitrogens with zero attached hydrogens (tertiary/aromatic N) is 2. The number of likely N-dealkylation sites (tertiary alicyclic amines) is 1. The smallest absolute Gasteiger partial charge is 0.229 e. The molecule has 1 aromatic rings. The van der Waals surface area contributed by atoms with E-state index in [-0.39, 0.29) is 49.6 Å². The molecule has 0 radical (unpaired) electrons. The van der Waals surface area contributed by atoms with E-state index in [4.69, 9.17) is 11.6 Å². The molecule has 0 aromatic heterocycles. The fourth-order valence-corrected chi connectivity index (χ4v) is 2.73. The van der Waals surface area contributed by atoms with Gasteiger partial charge in [0, 0.05) is 43.9 Å². The second-order valence-corrected chi connectivity index (χ2v) is 6.31. The summed E-state index contributed by atoms with van der Waals surface area (Å²) >= 11 is 5.86. The van der Waals surface area contributed by atoms with Gasteiger partial charge in [-0.1, -0.05) is 23.7 Å². The molecule has 1 aliphatic heterocycles. The van der Waals surface area contributed by atoms with Gasteiger partial charge in [0.05, 0.1) is 0 Å². The quantitative estimate of drug-likeness (QED) is 0.749. The maximum absolute atomic E-state index is 12.3. The molecule has 6 heteroatoms. The molecule has 1 aromatic carbocycles. The van der Waals surface area contributed by atoms with Crippen molar-refractivity contribution in [3.05, 3.63) is 34.9 Å². The van der Waals surface area contributed by atoms with Crippen molar-refractivity contribution in [2.24, 2.45) is 0 Å². The highest BCUT2D eigenvalue weighted by Crippen LogP contribution is 2.15. The summed E-state index contributed by atoms with van der Waals surface area (Å²) in [6.07, 6.45) is 1.41. The van der Waals surface area contributed by atoms with Crippen LogP contribution in [0.4, 0.5) is 0 Å². The lowest BCUT2D eigenvalue weighted by Gasteiger charge is -2.26. The molecule has 1 saturated heterocycles. The van der Waals surface area contributed by atoms with E-state index >= 15 is 0 Å². The van der Waals surface area contributed by atoms with Crippen molar-refractivity contribution in [2.75, 3.05) is 13.6 Å². The maximum Gasteiger partial charge on any atom is 0.229 e. The van der Waals surface area contributed by atoms with Crippen molar-refractivity contribution in [3.8, 4) is 0 Å². The van der Waals surface area contributed by atoms with Crippen LogP contribution in [0.25, 0.3) is 0 Å². The van der Waals surface area contributed by atoms with Crippen LogP contribution in [0, 0.1) is 0 Å². The average Bonchev–Trinajstić information content (AvgIpc) is 2.85. The number of carbonyl (C=O) groups excluding carboxylic acids is 3. The van der Waals surface area contributed by atoms with Gasteiger partial charge in [-0.25, -0.2) is 0 Å². The number of hydrogen-bond donors (Lipinski definition) is 0. The minimum absolute atomic E-state index is 0.0219. The zero-order chi connectivity index (χ0) is 17.0. The van der Waals surface area contributed by atoms with Gasteiger partial charge < -0.3 is 4.90 Å². The normalized spacial score (nSPS) is 15.9. The number of imide groups is 1. The summed E-state index contributed by atoms with van der Waals surface area (Å²) in [7, 11) is 1.75. The Morgan fingerprint density at radius 2 is 1.78 bits per heavy atom. The Bertz CT molecular complexity index is 584. The zero-order valence-electron chi connectivity index (χ0n) is 13.4. The molecule has 1 fully saturated rings. The van der Waals surface area contributed by atoms with Crippen molar-refractivity contribution in [3.63, 3.8) is 0 Å². The standard InChI is InChI=1S/C17H21ClN2O3/c1-12(11-13-3-5-14(18)6-4-13)19(2)15(21)9-10-20-16(22)7-8-17(20)23/h3-6,12H,7-11H2,1-2H3. The van der Waals surface area contributed by atoms with Crippen LogP contribution in [0.15, 0.2) is 24.3 Å². The molecule has 124 valence electrons. The van der Waals surface area contributed by atoms with E-state index in [1.807, 2.05) is 31.2 Å². The second-order valence-electron chi connectivity index (χ2n) is 5.87. The Morgan fingerprint density at radius 1 is 1.22 bits per heavy atom. The Labute approximate surface area is 141 Å². The van der Waals surface area contributed by atoms with E-state index in [0.717, 1.165) is 12.0 Å². The zero-order valence-corrected chi connectivity index (χ0v) is 14.2. The number of benzene rings is 1. The first kappa shape index (κ1) is 17.5. The van der Waals surface area contributed by atoms with Crippen molar-refractivity contribution in [1.82, 2.24) is 9.80 Å². The maximum atomic E-state index is 12.3.